The van der Waals surface area contributed by atoms with Crippen LogP contribution in [0.3, 0.4) is 0 Å². The quantitative estimate of drug-likeness (QED) is 0.821. The number of nitrogens with zero attached hydrogens (tertiary/aromatic N) is 1. The number of amides is 1. The van der Waals surface area contributed by atoms with Crippen molar-refractivity contribution in [2.24, 2.45) is 11.3 Å². The SMILES string of the molecule is COc1ccc(Cl)cc1S(=O)(=O)N1CCC[C@@H](C(=O)NCC(C)(C)C)C1. The Labute approximate surface area is 160 Å². The number of rotatable bonds is 5. The zero-order valence-corrected chi connectivity index (χ0v) is 17.3. The van der Waals surface area contributed by atoms with Crippen LogP contribution in [0.15, 0.2) is 23.1 Å². The maximum atomic E-state index is 13.1. The Hall–Kier alpha value is -1.31. The first kappa shape index (κ1) is 21.0. The van der Waals surface area contributed by atoms with Gasteiger partial charge in [-0.25, -0.2) is 8.42 Å². The van der Waals surface area contributed by atoms with Gasteiger partial charge < -0.3 is 10.1 Å². The number of nitrogens with one attached hydrogen (secondary N) is 1. The van der Waals surface area contributed by atoms with Gasteiger partial charge in [0, 0.05) is 24.7 Å². The molecule has 1 aromatic carbocycles. The summed E-state index contributed by atoms with van der Waals surface area (Å²) >= 11 is 5.98. The topological polar surface area (TPSA) is 75.7 Å². The van der Waals surface area contributed by atoms with Gasteiger partial charge in [-0.15, -0.1) is 0 Å². The van der Waals surface area contributed by atoms with Gasteiger partial charge in [-0.2, -0.15) is 4.31 Å². The second-order valence-electron chi connectivity index (χ2n) is 7.78. The van der Waals surface area contributed by atoms with Crippen LogP contribution in [0.2, 0.25) is 5.02 Å². The maximum absolute atomic E-state index is 13.1. The van der Waals surface area contributed by atoms with Crippen LogP contribution in [0.5, 0.6) is 5.75 Å². The number of benzene rings is 1. The van der Waals surface area contributed by atoms with E-state index < -0.39 is 10.0 Å². The van der Waals surface area contributed by atoms with Crippen molar-refractivity contribution < 1.29 is 17.9 Å². The summed E-state index contributed by atoms with van der Waals surface area (Å²) in [6.07, 6.45) is 1.31. The largest absolute Gasteiger partial charge is 0.495 e. The third-order valence-corrected chi connectivity index (χ3v) is 6.41. The number of hydrogen-bond acceptors (Lipinski definition) is 4. The smallest absolute Gasteiger partial charge is 0.246 e. The zero-order chi connectivity index (χ0) is 19.5. The molecule has 1 atom stereocenters. The van der Waals surface area contributed by atoms with Crippen molar-refractivity contribution in [1.29, 1.82) is 0 Å². The van der Waals surface area contributed by atoms with Gasteiger partial charge in [0.1, 0.15) is 10.6 Å². The Morgan fingerprint density at radius 3 is 2.69 bits per heavy atom. The lowest BCUT2D eigenvalue weighted by Gasteiger charge is -2.32. The normalized spacial score (nSPS) is 19.2. The molecule has 1 amide bonds. The highest BCUT2D eigenvalue weighted by atomic mass is 35.5. The van der Waals surface area contributed by atoms with Crippen molar-refractivity contribution in [3.05, 3.63) is 23.2 Å². The van der Waals surface area contributed by atoms with Crippen molar-refractivity contribution >= 4 is 27.5 Å². The predicted molar refractivity (Wildman–Crippen MR) is 102 cm³/mol. The molecule has 0 unspecified atom stereocenters. The van der Waals surface area contributed by atoms with Crippen molar-refractivity contribution in [1.82, 2.24) is 9.62 Å². The molecule has 1 saturated heterocycles. The Morgan fingerprint density at radius 1 is 1.38 bits per heavy atom. The van der Waals surface area contributed by atoms with Gasteiger partial charge in [0.05, 0.1) is 13.0 Å². The van der Waals surface area contributed by atoms with Crippen LogP contribution in [0.4, 0.5) is 0 Å². The van der Waals surface area contributed by atoms with E-state index in [1.54, 1.807) is 6.07 Å². The molecule has 0 saturated carbocycles. The molecule has 0 bridgehead atoms. The van der Waals surface area contributed by atoms with Crippen LogP contribution in [0.25, 0.3) is 0 Å². The van der Waals surface area contributed by atoms with E-state index in [-0.39, 0.29) is 34.4 Å². The molecule has 8 heteroatoms. The lowest BCUT2D eigenvalue weighted by Crippen LogP contribution is -2.46. The Bertz CT molecular complexity index is 759. The Kier molecular flexibility index (Phi) is 6.58. The molecular weight excluding hydrogens is 376 g/mol. The highest BCUT2D eigenvalue weighted by Gasteiger charge is 2.35. The second-order valence-corrected chi connectivity index (χ2v) is 10.1. The predicted octanol–water partition coefficient (Wildman–Crippen LogP) is 2.91. The minimum Gasteiger partial charge on any atom is -0.495 e. The second kappa shape index (κ2) is 8.15. The number of piperidine rings is 1. The number of sulfonamides is 1. The molecular formula is C18H27ClN2O4S. The Morgan fingerprint density at radius 2 is 2.08 bits per heavy atom. The maximum Gasteiger partial charge on any atom is 0.246 e. The summed E-state index contributed by atoms with van der Waals surface area (Å²) in [6.45, 7) is 7.20. The number of methoxy groups -OCH3 is 1. The van der Waals surface area contributed by atoms with Gasteiger partial charge in [-0.05, 0) is 36.5 Å². The molecule has 0 aromatic heterocycles. The van der Waals surface area contributed by atoms with Gasteiger partial charge in [0.25, 0.3) is 0 Å². The van der Waals surface area contributed by atoms with Crippen LogP contribution >= 0.6 is 11.6 Å². The molecule has 26 heavy (non-hydrogen) atoms. The van der Waals surface area contributed by atoms with Crippen molar-refractivity contribution in [2.75, 3.05) is 26.7 Å². The van der Waals surface area contributed by atoms with Gasteiger partial charge in [0.2, 0.25) is 15.9 Å². The molecule has 146 valence electrons. The van der Waals surface area contributed by atoms with Gasteiger partial charge in [-0.3, -0.25) is 4.79 Å². The average molecular weight is 403 g/mol. The molecule has 2 rings (SSSR count). The summed E-state index contributed by atoms with van der Waals surface area (Å²) in [5.41, 5.74) is -0.0236. The van der Waals surface area contributed by atoms with Crippen LogP contribution in [-0.2, 0) is 14.8 Å². The standard InChI is InChI=1S/C18H27ClN2O4S/c1-18(2,3)12-20-17(22)13-6-5-9-21(11-13)26(23,24)16-10-14(19)7-8-15(16)25-4/h7-8,10,13H,5-6,9,11-12H2,1-4H3,(H,20,22)/t13-/m1/s1. The third-order valence-electron chi connectivity index (χ3n) is 4.29. The molecule has 1 fully saturated rings. The lowest BCUT2D eigenvalue weighted by molar-refractivity contribution is -0.126. The van der Waals surface area contributed by atoms with Crippen LogP contribution in [0.1, 0.15) is 33.6 Å². The number of ether oxygens (including phenoxy) is 1. The van der Waals surface area contributed by atoms with Gasteiger partial charge in [-0.1, -0.05) is 32.4 Å². The van der Waals surface area contributed by atoms with E-state index in [0.717, 1.165) is 0 Å². The summed E-state index contributed by atoms with van der Waals surface area (Å²) in [6, 6.07) is 4.50. The van der Waals surface area contributed by atoms with Crippen LogP contribution < -0.4 is 10.1 Å². The van der Waals surface area contributed by atoms with Gasteiger partial charge in [0.15, 0.2) is 0 Å². The van der Waals surface area contributed by atoms with Crippen molar-refractivity contribution in [2.45, 2.75) is 38.5 Å². The highest BCUT2D eigenvalue weighted by molar-refractivity contribution is 7.89. The fourth-order valence-corrected chi connectivity index (χ4v) is 4.80. The molecule has 1 aliphatic heterocycles. The van der Waals surface area contributed by atoms with E-state index in [2.05, 4.69) is 5.32 Å². The molecule has 1 aliphatic rings. The summed E-state index contributed by atoms with van der Waals surface area (Å²) in [7, 11) is -2.38. The molecule has 0 spiro atoms. The molecule has 1 aromatic rings. The van der Waals surface area contributed by atoms with E-state index in [0.29, 0.717) is 31.0 Å². The fourth-order valence-electron chi connectivity index (χ4n) is 2.86. The molecule has 0 radical (unpaired) electrons. The minimum absolute atomic E-state index is 0.0236. The van der Waals surface area contributed by atoms with E-state index >= 15 is 0 Å². The van der Waals surface area contributed by atoms with E-state index in [1.165, 1.54) is 23.5 Å². The summed E-state index contributed by atoms with van der Waals surface area (Å²) < 4.78 is 32.7. The number of carbonyl (C=O) groups excluding carboxylic acids is 1. The average Bonchev–Trinajstić information content (AvgIpc) is 2.59. The number of halogens is 1. The first-order valence-corrected chi connectivity index (χ1v) is 10.5. The summed E-state index contributed by atoms with van der Waals surface area (Å²) in [5, 5.41) is 3.25. The third kappa shape index (κ3) is 5.11. The van der Waals surface area contributed by atoms with E-state index in [1.807, 2.05) is 20.8 Å². The molecule has 1 heterocycles. The lowest BCUT2D eigenvalue weighted by atomic mass is 9.95. The van der Waals surface area contributed by atoms with Crippen molar-refractivity contribution in [3.63, 3.8) is 0 Å². The van der Waals surface area contributed by atoms with Crippen molar-refractivity contribution in [3.8, 4) is 5.75 Å². The van der Waals surface area contributed by atoms with Crippen LogP contribution in [0, 0.1) is 11.3 Å². The number of carbonyl (C=O) groups is 1. The number of hydrogen-bond donors (Lipinski definition) is 1. The first-order chi connectivity index (χ1) is 12.0. The van der Waals surface area contributed by atoms with Crippen LogP contribution in [-0.4, -0.2) is 45.4 Å². The highest BCUT2D eigenvalue weighted by Crippen LogP contribution is 2.32. The monoisotopic (exact) mass is 402 g/mol. The Balaban J connectivity index is 2.18. The summed E-state index contributed by atoms with van der Waals surface area (Å²) in [5.74, 6) is -0.211. The van der Waals surface area contributed by atoms with E-state index in [4.69, 9.17) is 16.3 Å². The molecule has 1 N–H and O–H groups in total. The molecule has 0 aliphatic carbocycles. The zero-order valence-electron chi connectivity index (χ0n) is 15.7. The first-order valence-electron chi connectivity index (χ1n) is 8.66. The minimum atomic E-state index is -3.79. The fraction of sp³-hybridized carbons (Fsp3) is 0.611. The summed E-state index contributed by atoms with van der Waals surface area (Å²) in [4.78, 5) is 12.5. The molecule has 6 nitrogen and oxygen atoms in total. The van der Waals surface area contributed by atoms with E-state index in [9.17, 15) is 13.2 Å². The van der Waals surface area contributed by atoms with Gasteiger partial charge >= 0.3 is 0 Å².